The fourth-order valence-electron chi connectivity index (χ4n) is 8.28. The van der Waals surface area contributed by atoms with E-state index in [1.807, 2.05) is 0 Å². The van der Waals surface area contributed by atoms with Crippen LogP contribution in [0, 0.1) is 23.7 Å². The largest absolute Gasteiger partial charge is 0.115 e. The van der Waals surface area contributed by atoms with Gasteiger partial charge in [-0.15, -0.1) is 70.6 Å². The van der Waals surface area contributed by atoms with E-state index in [4.69, 9.17) is 0 Å². The van der Waals surface area contributed by atoms with E-state index in [9.17, 15) is 0 Å². The summed E-state index contributed by atoms with van der Waals surface area (Å²) in [5.41, 5.74) is 0. The third kappa shape index (κ3) is 13.6. The lowest BCUT2D eigenvalue weighted by Crippen LogP contribution is -2.60. The molecule has 4 saturated heterocycles. The molecule has 0 N–H and O–H groups in total. The number of rotatable bonds is 32. The fraction of sp³-hybridized carbons (Fsp3) is 1.00. The number of thioether (sulfide) groups is 6. The maximum atomic E-state index is 2.70. The number of hydrogen-bond acceptors (Lipinski definition) is 6. The molecule has 6 heteroatoms. The zero-order chi connectivity index (χ0) is 36.4. The molecule has 0 saturated carbocycles. The lowest BCUT2D eigenvalue weighted by molar-refractivity contribution is 0.456. The van der Waals surface area contributed by atoms with Gasteiger partial charge < -0.3 is 0 Å². The predicted octanol–water partition coefficient (Wildman–Crippen LogP) is 18.6. The van der Waals surface area contributed by atoms with Gasteiger partial charge in [-0.05, 0) is 49.4 Å². The van der Waals surface area contributed by atoms with E-state index >= 15 is 0 Å². The van der Waals surface area contributed by atoms with Gasteiger partial charge >= 0.3 is 0 Å². The summed E-state index contributed by atoms with van der Waals surface area (Å²) in [5.74, 6) is 3.05. The van der Waals surface area contributed by atoms with E-state index in [-0.39, 0.29) is 0 Å². The minimum Gasteiger partial charge on any atom is -0.104 e. The first kappa shape index (κ1) is 46.5. The van der Waals surface area contributed by atoms with Crippen molar-refractivity contribution >= 4 is 70.6 Å². The highest BCUT2D eigenvalue weighted by Crippen LogP contribution is 2.93. The summed E-state index contributed by atoms with van der Waals surface area (Å²) >= 11 is 15.0. The number of unbranched alkanes of at least 4 members (excludes halogenated alkanes) is 20. The van der Waals surface area contributed by atoms with Gasteiger partial charge in [-0.3, -0.25) is 0 Å². The molecule has 4 bridgehead atoms. The highest BCUT2D eigenvalue weighted by molar-refractivity contribution is 8.64. The van der Waals surface area contributed by atoms with Crippen molar-refractivity contribution in [1.29, 1.82) is 0 Å². The number of hydrogen-bond donors (Lipinski definition) is 0. The summed E-state index contributed by atoms with van der Waals surface area (Å²) in [6, 6.07) is 0. The van der Waals surface area contributed by atoms with Crippen LogP contribution < -0.4 is 0 Å². The van der Waals surface area contributed by atoms with Crippen LogP contribution in [0.4, 0.5) is 0 Å². The average molecular weight is 806 g/mol. The molecule has 0 aromatic heterocycles. The maximum absolute atomic E-state index is 2.70. The van der Waals surface area contributed by atoms with Crippen molar-refractivity contribution in [3.8, 4) is 0 Å². The second kappa shape index (κ2) is 24.7. The lowest BCUT2D eigenvalue weighted by atomic mass is 10.0. The molecule has 4 unspecified atom stereocenters. The molecule has 50 heavy (non-hydrogen) atoms. The fourth-order valence-corrected chi connectivity index (χ4v) is 29.7. The molecule has 0 nitrogen and oxygen atoms in total. The minimum atomic E-state index is 0.297. The smallest absolute Gasteiger partial charge is 0.104 e. The molecule has 4 heterocycles. The van der Waals surface area contributed by atoms with Gasteiger partial charge in [-0.25, -0.2) is 0 Å². The van der Waals surface area contributed by atoms with E-state index in [0.717, 1.165) is 23.7 Å². The molecule has 4 atom stereocenters. The standard InChI is InChI=1S/C44H84S6/c1-9-13-17-21-25-29-33-37(5)41-45-42(38(6)34-30-26-22-18-14-10-2)48-43(46-41,39(7)35-31-27-23-19-15-11-3)50-44(47-41,49-42)40(8)36-32-28-24-20-16-12-4/h37-40H,9-36H2,1-8H3. The van der Waals surface area contributed by atoms with Crippen LogP contribution in [0.15, 0.2) is 0 Å². The quantitative estimate of drug-likeness (QED) is 0.0617. The highest BCUT2D eigenvalue weighted by atomic mass is 32.4. The first-order chi connectivity index (χ1) is 24.2. The summed E-state index contributed by atoms with van der Waals surface area (Å²) in [5, 5.41) is 0. The summed E-state index contributed by atoms with van der Waals surface area (Å²) in [7, 11) is 0. The summed E-state index contributed by atoms with van der Waals surface area (Å²) in [6.07, 6.45) is 39.8. The van der Waals surface area contributed by atoms with Gasteiger partial charge in [-0.2, -0.15) is 0 Å². The second-order valence-electron chi connectivity index (χ2n) is 16.9. The van der Waals surface area contributed by atoms with Crippen molar-refractivity contribution in [3.63, 3.8) is 0 Å². The van der Waals surface area contributed by atoms with Crippen molar-refractivity contribution in [1.82, 2.24) is 0 Å². The molecule has 0 aliphatic carbocycles. The van der Waals surface area contributed by atoms with Gasteiger partial charge in [0.05, 0.1) is 0 Å². The molecule has 0 aromatic rings. The highest BCUT2D eigenvalue weighted by Gasteiger charge is 2.75. The summed E-state index contributed by atoms with van der Waals surface area (Å²) < 4.78 is 1.19. The normalized spacial score (nSPS) is 29.8. The molecule has 4 aliphatic rings. The van der Waals surface area contributed by atoms with E-state index in [1.54, 1.807) is 0 Å². The SMILES string of the molecule is CCCCCCCCC(C)C12SC3(C(C)CCCCCCCC)SC(C(C)CCCCCCCC)(S1)SC(C(C)CCCCCCCC)(S2)S3. The Kier molecular flexibility index (Phi) is 22.9. The lowest BCUT2D eigenvalue weighted by Gasteiger charge is -2.71. The Morgan fingerprint density at radius 3 is 0.600 bits per heavy atom. The minimum absolute atomic E-state index is 0.297. The van der Waals surface area contributed by atoms with Gasteiger partial charge in [0.2, 0.25) is 0 Å². The van der Waals surface area contributed by atoms with Crippen LogP contribution in [-0.4, -0.2) is 13.6 Å². The maximum Gasteiger partial charge on any atom is 0.115 e. The van der Waals surface area contributed by atoms with Crippen LogP contribution in [0.5, 0.6) is 0 Å². The van der Waals surface area contributed by atoms with Crippen LogP contribution in [0.25, 0.3) is 0 Å². The van der Waals surface area contributed by atoms with Crippen molar-refractivity contribution < 1.29 is 0 Å². The molecular weight excluding hydrogens is 721 g/mol. The Balaban J connectivity index is 1.88. The zero-order valence-corrected chi connectivity index (χ0v) is 39.5. The molecule has 0 spiro atoms. The first-order valence-electron chi connectivity index (χ1n) is 22.4. The van der Waals surface area contributed by atoms with Crippen LogP contribution in [0.1, 0.15) is 235 Å². The third-order valence-electron chi connectivity index (χ3n) is 12.1. The molecule has 296 valence electrons. The van der Waals surface area contributed by atoms with E-state index in [0.29, 0.717) is 13.6 Å². The molecule has 4 fully saturated rings. The van der Waals surface area contributed by atoms with Crippen LogP contribution in [0.2, 0.25) is 0 Å². The molecule has 4 aliphatic heterocycles. The molecule has 4 rings (SSSR count). The Morgan fingerprint density at radius 1 is 0.260 bits per heavy atom. The van der Waals surface area contributed by atoms with Crippen molar-refractivity contribution in [3.05, 3.63) is 0 Å². The van der Waals surface area contributed by atoms with Crippen molar-refractivity contribution in [2.24, 2.45) is 23.7 Å². The van der Waals surface area contributed by atoms with Gasteiger partial charge in [-0.1, -0.05) is 209 Å². The molecule has 0 aromatic carbocycles. The van der Waals surface area contributed by atoms with E-state index in [2.05, 4.69) is 126 Å². The van der Waals surface area contributed by atoms with E-state index < -0.39 is 0 Å². The van der Waals surface area contributed by atoms with Gasteiger partial charge in [0.15, 0.2) is 0 Å². The average Bonchev–Trinajstić information content (AvgIpc) is 3.09. The van der Waals surface area contributed by atoms with Crippen LogP contribution in [-0.2, 0) is 0 Å². The molecule has 0 amide bonds. The van der Waals surface area contributed by atoms with Crippen molar-refractivity contribution in [2.45, 2.75) is 249 Å². The van der Waals surface area contributed by atoms with Crippen LogP contribution >= 0.6 is 70.6 Å². The Bertz CT molecular complexity index is 703. The van der Waals surface area contributed by atoms with Gasteiger partial charge in [0.1, 0.15) is 13.6 Å². The Hall–Kier alpha value is 2.10. The van der Waals surface area contributed by atoms with Gasteiger partial charge in [0.25, 0.3) is 0 Å². The third-order valence-corrected chi connectivity index (χ3v) is 26.3. The van der Waals surface area contributed by atoms with Crippen molar-refractivity contribution in [2.75, 3.05) is 0 Å². The summed E-state index contributed by atoms with van der Waals surface area (Å²) in [6.45, 7) is 20.2. The van der Waals surface area contributed by atoms with E-state index in [1.165, 1.54) is 180 Å². The van der Waals surface area contributed by atoms with Crippen LogP contribution in [0.3, 0.4) is 0 Å². The molecular formula is C44H84S6. The summed E-state index contributed by atoms with van der Waals surface area (Å²) in [4.78, 5) is 0. The second-order valence-corrected chi connectivity index (χ2v) is 28.9. The topological polar surface area (TPSA) is 0 Å². The first-order valence-corrected chi connectivity index (χ1v) is 27.3. The Labute approximate surface area is 340 Å². The Morgan fingerprint density at radius 2 is 0.420 bits per heavy atom. The monoisotopic (exact) mass is 804 g/mol. The zero-order valence-electron chi connectivity index (χ0n) is 34.6. The molecule has 0 radical (unpaired) electrons. The predicted molar refractivity (Wildman–Crippen MR) is 245 cm³/mol. The van der Waals surface area contributed by atoms with Gasteiger partial charge in [0, 0.05) is 0 Å².